The number of ether oxygens (including phenoxy) is 1. The van der Waals surface area contributed by atoms with Crippen molar-refractivity contribution >= 4 is 0 Å². The van der Waals surface area contributed by atoms with Gasteiger partial charge in [-0.25, -0.2) is 0 Å². The van der Waals surface area contributed by atoms with Gasteiger partial charge in [-0.1, -0.05) is 20.8 Å². The molecule has 0 bridgehead atoms. The summed E-state index contributed by atoms with van der Waals surface area (Å²) in [5, 5.41) is 0. The zero-order valence-electron chi connectivity index (χ0n) is 8.58. The maximum Gasteiger partial charge on any atom is 0.0616 e. The first-order chi connectivity index (χ1) is 5.57. The summed E-state index contributed by atoms with van der Waals surface area (Å²) in [4.78, 5) is 0. The van der Waals surface area contributed by atoms with Crippen LogP contribution in [0.25, 0.3) is 0 Å². The van der Waals surface area contributed by atoms with E-state index in [9.17, 15) is 0 Å². The van der Waals surface area contributed by atoms with Gasteiger partial charge in [0.1, 0.15) is 0 Å². The summed E-state index contributed by atoms with van der Waals surface area (Å²) in [7, 11) is 0. The Balaban J connectivity index is 2.63. The molecule has 2 heteroatoms. The molecular weight excluding hydrogens is 150 g/mol. The van der Waals surface area contributed by atoms with Gasteiger partial charge in [0.15, 0.2) is 0 Å². The Labute approximate surface area is 75.5 Å². The molecule has 0 radical (unpaired) electrons. The Morgan fingerprint density at radius 2 is 1.75 bits per heavy atom. The molecule has 0 spiro atoms. The third-order valence-electron chi connectivity index (χ3n) is 3.33. The molecule has 0 aromatic heterocycles. The molecular formula is C10H21NO. The fourth-order valence-electron chi connectivity index (χ4n) is 2.03. The van der Waals surface area contributed by atoms with E-state index in [1.54, 1.807) is 0 Å². The third kappa shape index (κ3) is 1.64. The van der Waals surface area contributed by atoms with Crippen molar-refractivity contribution in [3.63, 3.8) is 0 Å². The van der Waals surface area contributed by atoms with E-state index >= 15 is 0 Å². The standard InChI is InChI=1S/C10H21NO/c1-5-9-7(3)10(11)6(2)8(4)12-9/h6-10H,5,11H2,1-4H3/t6-,7+,8-,9+,10+/m0/s1. The fourth-order valence-corrected chi connectivity index (χ4v) is 2.03. The highest BCUT2D eigenvalue weighted by Gasteiger charge is 2.36. The third-order valence-corrected chi connectivity index (χ3v) is 3.33. The SMILES string of the molecule is CC[C@H]1O[C@@H](C)[C@H](C)[C@@H](N)[C@@H]1C. The molecule has 1 saturated heterocycles. The Morgan fingerprint density at radius 3 is 2.25 bits per heavy atom. The van der Waals surface area contributed by atoms with Gasteiger partial charge in [0, 0.05) is 6.04 Å². The lowest BCUT2D eigenvalue weighted by molar-refractivity contribution is -0.108. The van der Waals surface area contributed by atoms with Crippen LogP contribution in [0, 0.1) is 11.8 Å². The molecule has 2 N–H and O–H groups in total. The van der Waals surface area contributed by atoms with Crippen molar-refractivity contribution in [2.24, 2.45) is 17.6 Å². The molecule has 0 amide bonds. The van der Waals surface area contributed by atoms with Gasteiger partial charge in [-0.2, -0.15) is 0 Å². The van der Waals surface area contributed by atoms with E-state index in [-0.39, 0.29) is 0 Å². The van der Waals surface area contributed by atoms with E-state index in [4.69, 9.17) is 10.5 Å². The first kappa shape index (κ1) is 10.0. The van der Waals surface area contributed by atoms with Crippen LogP contribution in [-0.2, 0) is 4.74 Å². The number of hydrogen-bond donors (Lipinski definition) is 1. The van der Waals surface area contributed by atoms with Crippen molar-refractivity contribution in [2.75, 3.05) is 0 Å². The highest BCUT2D eigenvalue weighted by molar-refractivity contribution is 4.88. The largest absolute Gasteiger partial charge is 0.375 e. The monoisotopic (exact) mass is 171 g/mol. The van der Waals surface area contributed by atoms with Gasteiger partial charge in [0.2, 0.25) is 0 Å². The summed E-state index contributed by atoms with van der Waals surface area (Å²) in [6.45, 7) is 8.66. The average molecular weight is 171 g/mol. The van der Waals surface area contributed by atoms with E-state index in [0.29, 0.717) is 30.1 Å². The van der Waals surface area contributed by atoms with Crippen LogP contribution in [0.1, 0.15) is 34.1 Å². The van der Waals surface area contributed by atoms with Gasteiger partial charge in [-0.3, -0.25) is 0 Å². The van der Waals surface area contributed by atoms with Crippen LogP contribution in [-0.4, -0.2) is 18.2 Å². The maximum atomic E-state index is 6.10. The molecule has 1 fully saturated rings. The lowest BCUT2D eigenvalue weighted by atomic mass is 9.81. The lowest BCUT2D eigenvalue weighted by Crippen LogP contribution is -2.51. The Hall–Kier alpha value is -0.0800. The van der Waals surface area contributed by atoms with Crippen molar-refractivity contribution in [3.8, 4) is 0 Å². The topological polar surface area (TPSA) is 35.2 Å². The second kappa shape index (κ2) is 3.75. The van der Waals surface area contributed by atoms with Crippen molar-refractivity contribution < 1.29 is 4.74 Å². The van der Waals surface area contributed by atoms with E-state index < -0.39 is 0 Å². The van der Waals surface area contributed by atoms with Crippen molar-refractivity contribution in [2.45, 2.75) is 52.4 Å². The zero-order valence-corrected chi connectivity index (χ0v) is 8.58. The van der Waals surface area contributed by atoms with E-state index in [1.807, 2.05) is 0 Å². The highest BCUT2D eigenvalue weighted by atomic mass is 16.5. The summed E-state index contributed by atoms with van der Waals surface area (Å²) in [5.41, 5.74) is 6.10. The molecule has 72 valence electrons. The van der Waals surface area contributed by atoms with Crippen molar-refractivity contribution in [1.29, 1.82) is 0 Å². The number of hydrogen-bond acceptors (Lipinski definition) is 2. The molecule has 0 aromatic rings. The molecule has 2 nitrogen and oxygen atoms in total. The Bertz CT molecular complexity index is 144. The smallest absolute Gasteiger partial charge is 0.0616 e. The predicted octanol–water partition coefficient (Wildman–Crippen LogP) is 1.78. The molecule has 1 rings (SSSR count). The van der Waals surface area contributed by atoms with Crippen molar-refractivity contribution in [3.05, 3.63) is 0 Å². The maximum absolute atomic E-state index is 6.10. The van der Waals surface area contributed by atoms with E-state index in [2.05, 4.69) is 27.7 Å². The molecule has 1 aliphatic rings. The minimum absolute atomic E-state index is 0.304. The highest BCUT2D eigenvalue weighted by Crippen LogP contribution is 2.29. The molecule has 5 atom stereocenters. The van der Waals surface area contributed by atoms with Gasteiger partial charge in [-0.15, -0.1) is 0 Å². The van der Waals surface area contributed by atoms with Crippen LogP contribution >= 0.6 is 0 Å². The zero-order chi connectivity index (χ0) is 9.30. The van der Waals surface area contributed by atoms with Gasteiger partial charge in [0.25, 0.3) is 0 Å². The van der Waals surface area contributed by atoms with Crippen LogP contribution in [0.2, 0.25) is 0 Å². The van der Waals surface area contributed by atoms with Crippen LogP contribution < -0.4 is 5.73 Å². The fraction of sp³-hybridized carbons (Fsp3) is 1.00. The summed E-state index contributed by atoms with van der Waals surface area (Å²) >= 11 is 0. The van der Waals surface area contributed by atoms with Crippen LogP contribution in [0.15, 0.2) is 0 Å². The second-order valence-corrected chi connectivity index (χ2v) is 4.08. The molecule has 12 heavy (non-hydrogen) atoms. The second-order valence-electron chi connectivity index (χ2n) is 4.08. The quantitative estimate of drug-likeness (QED) is 0.652. The molecule has 0 aliphatic carbocycles. The van der Waals surface area contributed by atoms with Gasteiger partial charge < -0.3 is 10.5 Å². The normalized spacial score (nSPS) is 49.2. The minimum atomic E-state index is 0.304. The van der Waals surface area contributed by atoms with E-state index in [0.717, 1.165) is 6.42 Å². The van der Waals surface area contributed by atoms with Crippen LogP contribution in [0.5, 0.6) is 0 Å². The predicted molar refractivity (Wildman–Crippen MR) is 50.9 cm³/mol. The average Bonchev–Trinajstić information content (AvgIpc) is 2.08. The molecule has 1 aliphatic heterocycles. The van der Waals surface area contributed by atoms with Gasteiger partial charge in [0.05, 0.1) is 12.2 Å². The summed E-state index contributed by atoms with van der Waals surface area (Å²) < 4.78 is 5.85. The van der Waals surface area contributed by atoms with Gasteiger partial charge >= 0.3 is 0 Å². The van der Waals surface area contributed by atoms with Crippen LogP contribution in [0.3, 0.4) is 0 Å². The van der Waals surface area contributed by atoms with E-state index in [1.165, 1.54) is 0 Å². The van der Waals surface area contributed by atoms with Crippen LogP contribution in [0.4, 0.5) is 0 Å². The first-order valence-electron chi connectivity index (χ1n) is 4.99. The van der Waals surface area contributed by atoms with Crippen molar-refractivity contribution in [1.82, 2.24) is 0 Å². The summed E-state index contributed by atoms with van der Waals surface area (Å²) in [6, 6.07) is 0.304. The Morgan fingerprint density at radius 1 is 1.17 bits per heavy atom. The molecule has 0 saturated carbocycles. The number of rotatable bonds is 1. The minimum Gasteiger partial charge on any atom is -0.375 e. The van der Waals surface area contributed by atoms with Gasteiger partial charge in [-0.05, 0) is 25.2 Å². The lowest BCUT2D eigenvalue weighted by Gasteiger charge is -2.42. The molecule has 1 heterocycles. The molecule has 0 unspecified atom stereocenters. The summed E-state index contributed by atoms with van der Waals surface area (Å²) in [5.74, 6) is 0.990. The Kier molecular flexibility index (Phi) is 3.13. The summed E-state index contributed by atoms with van der Waals surface area (Å²) in [6.07, 6.45) is 1.76. The first-order valence-corrected chi connectivity index (χ1v) is 4.99. The number of nitrogens with two attached hydrogens (primary N) is 1. The molecule has 0 aromatic carbocycles.